The minimum Gasteiger partial charge on any atom is -0.493 e. The molecule has 1 aromatic rings. The van der Waals surface area contributed by atoms with Gasteiger partial charge < -0.3 is 20.3 Å². The van der Waals surface area contributed by atoms with Crippen molar-refractivity contribution in [2.24, 2.45) is 0 Å². The predicted molar refractivity (Wildman–Crippen MR) is 60.1 cm³/mol. The molecule has 0 aliphatic rings. The molecule has 0 bridgehead atoms. The van der Waals surface area contributed by atoms with Crippen LogP contribution in [-0.2, 0) is 0 Å². The minimum absolute atomic E-state index is 0.0753. The van der Waals surface area contributed by atoms with Crippen LogP contribution in [0.1, 0.15) is 17.3 Å². The van der Waals surface area contributed by atoms with E-state index in [2.05, 4.69) is 0 Å². The number of aromatic carboxylic acids is 1. The highest BCUT2D eigenvalue weighted by molar-refractivity contribution is 5.94. The average molecular weight is 236 g/mol. The van der Waals surface area contributed by atoms with Crippen molar-refractivity contribution < 1.29 is 19.4 Å². The Morgan fingerprint density at radius 3 is 2.65 bits per heavy atom. The van der Waals surface area contributed by atoms with E-state index >= 15 is 0 Å². The van der Waals surface area contributed by atoms with E-state index in [0.717, 1.165) is 0 Å². The Morgan fingerprint density at radius 2 is 2.18 bits per heavy atom. The summed E-state index contributed by atoms with van der Waals surface area (Å²) >= 11 is 0. The van der Waals surface area contributed by atoms with Gasteiger partial charge in [0.15, 0.2) is 17.6 Å². The fourth-order valence-electron chi connectivity index (χ4n) is 1.23. The molecule has 6 nitrogen and oxygen atoms in total. The Balaban J connectivity index is 3.22. The standard InChI is InChI=1S/C11H12N2O4/c1-6(5-12)17-10-3-7(11(14)15)8(13)4-9(10)16-2/h3-4,6H,13H2,1-2H3,(H,14,15). The fraction of sp³-hybridized carbons (Fsp3) is 0.273. The lowest BCUT2D eigenvalue weighted by atomic mass is 10.1. The molecule has 0 heterocycles. The lowest BCUT2D eigenvalue weighted by Crippen LogP contribution is -2.11. The van der Waals surface area contributed by atoms with E-state index in [0.29, 0.717) is 0 Å². The average Bonchev–Trinajstić information content (AvgIpc) is 2.30. The lowest BCUT2D eigenvalue weighted by molar-refractivity contribution is 0.0697. The van der Waals surface area contributed by atoms with Gasteiger partial charge in [0.2, 0.25) is 0 Å². The number of hydrogen-bond donors (Lipinski definition) is 2. The lowest BCUT2D eigenvalue weighted by Gasteiger charge is -2.13. The van der Waals surface area contributed by atoms with Crippen molar-refractivity contribution in [1.29, 1.82) is 5.26 Å². The van der Waals surface area contributed by atoms with E-state index in [9.17, 15) is 4.79 Å². The third-order valence-corrected chi connectivity index (χ3v) is 2.05. The molecule has 3 N–H and O–H groups in total. The Hall–Kier alpha value is -2.42. The Kier molecular flexibility index (Phi) is 3.78. The van der Waals surface area contributed by atoms with Crippen LogP contribution in [0.15, 0.2) is 12.1 Å². The molecule has 0 aromatic heterocycles. The largest absolute Gasteiger partial charge is 0.493 e. The van der Waals surface area contributed by atoms with Gasteiger partial charge in [0.05, 0.1) is 18.4 Å². The highest BCUT2D eigenvalue weighted by atomic mass is 16.5. The van der Waals surface area contributed by atoms with Crippen LogP contribution in [0.4, 0.5) is 5.69 Å². The smallest absolute Gasteiger partial charge is 0.337 e. The summed E-state index contributed by atoms with van der Waals surface area (Å²) in [5, 5.41) is 17.5. The van der Waals surface area contributed by atoms with Crippen LogP contribution >= 0.6 is 0 Å². The number of carbonyl (C=O) groups is 1. The number of nitrogens with two attached hydrogens (primary N) is 1. The fourth-order valence-corrected chi connectivity index (χ4v) is 1.23. The molecule has 6 heteroatoms. The van der Waals surface area contributed by atoms with E-state index in [1.807, 2.05) is 6.07 Å². The summed E-state index contributed by atoms with van der Waals surface area (Å²) in [5.74, 6) is -0.706. The number of benzene rings is 1. The van der Waals surface area contributed by atoms with Gasteiger partial charge >= 0.3 is 5.97 Å². The monoisotopic (exact) mass is 236 g/mol. The molecule has 0 saturated carbocycles. The predicted octanol–water partition coefficient (Wildman–Crippen LogP) is 1.27. The maximum Gasteiger partial charge on any atom is 0.337 e. The van der Waals surface area contributed by atoms with Crippen molar-refractivity contribution in [3.05, 3.63) is 17.7 Å². The van der Waals surface area contributed by atoms with Crippen molar-refractivity contribution in [2.75, 3.05) is 12.8 Å². The van der Waals surface area contributed by atoms with Gasteiger partial charge in [0.1, 0.15) is 6.07 Å². The molecule has 0 radical (unpaired) electrons. The highest BCUT2D eigenvalue weighted by Gasteiger charge is 2.16. The van der Waals surface area contributed by atoms with Crippen LogP contribution in [0.2, 0.25) is 0 Å². The molecule has 1 rings (SSSR count). The SMILES string of the molecule is COc1cc(N)c(C(=O)O)cc1OC(C)C#N. The first-order valence-electron chi connectivity index (χ1n) is 4.76. The second-order valence-corrected chi connectivity index (χ2v) is 3.28. The zero-order valence-corrected chi connectivity index (χ0v) is 9.43. The van der Waals surface area contributed by atoms with Gasteiger partial charge in [-0.05, 0) is 6.92 Å². The molecule has 0 fully saturated rings. The Morgan fingerprint density at radius 1 is 1.53 bits per heavy atom. The number of carboxylic acid groups (broad SMARTS) is 1. The highest BCUT2D eigenvalue weighted by Crippen LogP contribution is 2.32. The number of hydrogen-bond acceptors (Lipinski definition) is 5. The summed E-state index contributed by atoms with van der Waals surface area (Å²) in [4.78, 5) is 10.9. The first-order valence-corrected chi connectivity index (χ1v) is 4.76. The molecular weight excluding hydrogens is 224 g/mol. The van der Waals surface area contributed by atoms with E-state index in [4.69, 9.17) is 25.6 Å². The quantitative estimate of drug-likeness (QED) is 0.762. The van der Waals surface area contributed by atoms with Crippen molar-refractivity contribution in [1.82, 2.24) is 0 Å². The summed E-state index contributed by atoms with van der Waals surface area (Å²) < 4.78 is 10.2. The summed E-state index contributed by atoms with van der Waals surface area (Å²) in [6, 6.07) is 4.46. The second kappa shape index (κ2) is 5.07. The molecule has 0 aliphatic heterocycles. The third kappa shape index (κ3) is 2.78. The van der Waals surface area contributed by atoms with E-state index in [1.54, 1.807) is 0 Å². The second-order valence-electron chi connectivity index (χ2n) is 3.28. The summed E-state index contributed by atoms with van der Waals surface area (Å²) in [6.45, 7) is 1.54. The van der Waals surface area contributed by atoms with Crippen LogP contribution in [-0.4, -0.2) is 24.3 Å². The maximum absolute atomic E-state index is 10.9. The van der Waals surface area contributed by atoms with Gasteiger partial charge in [-0.1, -0.05) is 0 Å². The van der Waals surface area contributed by atoms with Crippen LogP contribution in [0.3, 0.4) is 0 Å². The molecular formula is C11H12N2O4. The molecule has 0 amide bonds. The summed E-state index contributed by atoms with van der Waals surface area (Å²) in [5.41, 5.74) is 5.53. The van der Waals surface area contributed by atoms with Crippen LogP contribution < -0.4 is 15.2 Å². The van der Waals surface area contributed by atoms with E-state index < -0.39 is 12.1 Å². The number of methoxy groups -OCH3 is 1. The van der Waals surface area contributed by atoms with E-state index in [-0.39, 0.29) is 22.7 Å². The normalized spacial score (nSPS) is 11.4. The molecule has 17 heavy (non-hydrogen) atoms. The minimum atomic E-state index is -1.17. The topological polar surface area (TPSA) is 106 Å². The molecule has 90 valence electrons. The zero-order valence-electron chi connectivity index (χ0n) is 9.43. The van der Waals surface area contributed by atoms with Gasteiger partial charge in [-0.15, -0.1) is 0 Å². The van der Waals surface area contributed by atoms with Crippen molar-refractivity contribution in [3.63, 3.8) is 0 Å². The van der Waals surface area contributed by atoms with Crippen molar-refractivity contribution in [2.45, 2.75) is 13.0 Å². The number of anilines is 1. The zero-order chi connectivity index (χ0) is 13.0. The van der Waals surface area contributed by atoms with E-state index in [1.165, 1.54) is 26.2 Å². The third-order valence-electron chi connectivity index (χ3n) is 2.05. The number of nitriles is 1. The number of rotatable bonds is 4. The van der Waals surface area contributed by atoms with Crippen molar-refractivity contribution in [3.8, 4) is 17.6 Å². The first-order chi connectivity index (χ1) is 7.99. The van der Waals surface area contributed by atoms with Gasteiger partial charge in [0.25, 0.3) is 0 Å². The number of nitrogen functional groups attached to an aromatic ring is 1. The first kappa shape index (κ1) is 12.6. The van der Waals surface area contributed by atoms with Crippen LogP contribution in [0.5, 0.6) is 11.5 Å². The number of nitrogens with zero attached hydrogens (tertiary/aromatic N) is 1. The summed E-state index contributed by atoms with van der Waals surface area (Å²) in [6.07, 6.45) is -0.714. The van der Waals surface area contributed by atoms with Gasteiger partial charge in [-0.3, -0.25) is 0 Å². The van der Waals surface area contributed by atoms with Crippen LogP contribution in [0, 0.1) is 11.3 Å². The molecule has 0 aliphatic carbocycles. The van der Waals surface area contributed by atoms with Crippen LogP contribution in [0.25, 0.3) is 0 Å². The maximum atomic E-state index is 10.9. The molecule has 0 saturated heterocycles. The van der Waals surface area contributed by atoms with Gasteiger partial charge in [-0.25, -0.2) is 4.79 Å². The molecule has 1 unspecified atom stereocenters. The Bertz CT molecular complexity index is 479. The molecule has 1 atom stereocenters. The molecule has 1 aromatic carbocycles. The molecule has 0 spiro atoms. The van der Waals surface area contributed by atoms with Crippen molar-refractivity contribution >= 4 is 11.7 Å². The Labute approximate surface area is 98.2 Å². The van der Waals surface area contributed by atoms with Gasteiger partial charge in [-0.2, -0.15) is 5.26 Å². The number of carboxylic acids is 1. The van der Waals surface area contributed by atoms with Gasteiger partial charge in [0, 0.05) is 12.1 Å². The summed E-state index contributed by atoms with van der Waals surface area (Å²) in [7, 11) is 1.40. The number of ether oxygens (including phenoxy) is 2.